The Morgan fingerprint density at radius 3 is 2.73 bits per heavy atom. The summed E-state index contributed by atoms with van der Waals surface area (Å²) in [4.78, 5) is 12.6. The second-order valence-electron chi connectivity index (χ2n) is 5.78. The number of methoxy groups -OCH3 is 2. The van der Waals surface area contributed by atoms with Gasteiger partial charge in [-0.3, -0.25) is 9.89 Å². The molecule has 0 atom stereocenters. The van der Waals surface area contributed by atoms with Crippen LogP contribution in [0.3, 0.4) is 0 Å². The highest BCUT2D eigenvalue weighted by atomic mass is 16.5. The van der Waals surface area contributed by atoms with Gasteiger partial charge in [0.1, 0.15) is 6.61 Å². The number of amides is 1. The standard InChI is InChI=1S/C19H21N3O4/c1-12-4-6-15-14(10-12)18(22-21-15)19(23)20-13-5-7-16(25-3)17(11-13)26-9-8-24-2/h4-7,10-11H,8-9H2,1-3H3,(H,20,23)(H,21,22). The maximum Gasteiger partial charge on any atom is 0.276 e. The first-order valence-electron chi connectivity index (χ1n) is 8.18. The van der Waals surface area contributed by atoms with E-state index in [-0.39, 0.29) is 5.91 Å². The quantitative estimate of drug-likeness (QED) is 0.636. The van der Waals surface area contributed by atoms with E-state index < -0.39 is 0 Å². The van der Waals surface area contributed by atoms with Crippen LogP contribution in [0.15, 0.2) is 36.4 Å². The average Bonchev–Trinajstić information content (AvgIpc) is 3.05. The molecule has 1 amide bonds. The summed E-state index contributed by atoms with van der Waals surface area (Å²) in [6.45, 7) is 2.81. The molecule has 26 heavy (non-hydrogen) atoms. The Kier molecular flexibility index (Phi) is 5.38. The van der Waals surface area contributed by atoms with Gasteiger partial charge in [-0.25, -0.2) is 0 Å². The first kappa shape index (κ1) is 17.8. The number of H-pyrrole nitrogens is 1. The summed E-state index contributed by atoms with van der Waals surface area (Å²) in [7, 11) is 3.17. The molecule has 1 aromatic heterocycles. The molecule has 0 saturated heterocycles. The molecule has 2 N–H and O–H groups in total. The minimum absolute atomic E-state index is 0.296. The van der Waals surface area contributed by atoms with Crippen LogP contribution in [0, 0.1) is 6.92 Å². The number of nitrogens with zero attached hydrogens (tertiary/aromatic N) is 1. The second-order valence-corrected chi connectivity index (χ2v) is 5.78. The van der Waals surface area contributed by atoms with E-state index in [1.807, 2.05) is 25.1 Å². The molecule has 1 heterocycles. The summed E-state index contributed by atoms with van der Waals surface area (Å²) >= 11 is 0. The number of aryl methyl sites for hydroxylation is 1. The number of carbonyl (C=O) groups excluding carboxylic acids is 1. The van der Waals surface area contributed by atoms with Crippen molar-refractivity contribution in [1.29, 1.82) is 0 Å². The third-order valence-corrected chi connectivity index (χ3v) is 3.90. The summed E-state index contributed by atoms with van der Waals surface area (Å²) < 4.78 is 15.9. The fourth-order valence-corrected chi connectivity index (χ4v) is 2.59. The van der Waals surface area contributed by atoms with Gasteiger partial charge in [-0.2, -0.15) is 5.10 Å². The van der Waals surface area contributed by atoms with Crippen LogP contribution in [0.5, 0.6) is 11.5 Å². The number of aromatic nitrogens is 2. The third kappa shape index (κ3) is 3.78. The molecule has 0 radical (unpaired) electrons. The molecular formula is C19H21N3O4. The molecule has 0 aliphatic heterocycles. The van der Waals surface area contributed by atoms with Gasteiger partial charge in [0.25, 0.3) is 5.91 Å². The molecule has 7 nitrogen and oxygen atoms in total. The van der Waals surface area contributed by atoms with Gasteiger partial charge >= 0.3 is 0 Å². The molecule has 0 saturated carbocycles. The topological polar surface area (TPSA) is 85.5 Å². The number of nitrogens with one attached hydrogen (secondary N) is 2. The average molecular weight is 355 g/mol. The van der Waals surface area contributed by atoms with Gasteiger partial charge in [0, 0.05) is 24.2 Å². The Bertz CT molecular complexity index is 920. The number of benzene rings is 2. The molecule has 0 aliphatic carbocycles. The van der Waals surface area contributed by atoms with E-state index in [0.29, 0.717) is 36.1 Å². The highest BCUT2D eigenvalue weighted by molar-refractivity contribution is 6.11. The number of hydrogen-bond donors (Lipinski definition) is 2. The summed E-state index contributed by atoms with van der Waals surface area (Å²) in [6.07, 6.45) is 0. The number of carbonyl (C=O) groups is 1. The van der Waals surface area contributed by atoms with Crippen LogP contribution in [0.4, 0.5) is 5.69 Å². The fourth-order valence-electron chi connectivity index (χ4n) is 2.59. The van der Waals surface area contributed by atoms with E-state index in [1.54, 1.807) is 32.4 Å². The lowest BCUT2D eigenvalue weighted by Gasteiger charge is -2.12. The lowest BCUT2D eigenvalue weighted by atomic mass is 10.1. The smallest absolute Gasteiger partial charge is 0.276 e. The van der Waals surface area contributed by atoms with E-state index in [0.717, 1.165) is 16.5 Å². The normalized spacial score (nSPS) is 10.7. The van der Waals surface area contributed by atoms with Crippen molar-refractivity contribution < 1.29 is 19.0 Å². The zero-order valence-corrected chi connectivity index (χ0v) is 15.0. The van der Waals surface area contributed by atoms with Crippen LogP contribution in [-0.4, -0.2) is 43.5 Å². The Labute approximate surface area is 151 Å². The number of fused-ring (bicyclic) bond motifs is 1. The predicted molar refractivity (Wildman–Crippen MR) is 99.1 cm³/mol. The first-order valence-corrected chi connectivity index (χ1v) is 8.18. The minimum Gasteiger partial charge on any atom is -0.493 e. The van der Waals surface area contributed by atoms with Crippen molar-refractivity contribution in [2.24, 2.45) is 0 Å². The van der Waals surface area contributed by atoms with E-state index >= 15 is 0 Å². The van der Waals surface area contributed by atoms with Crippen LogP contribution in [0.2, 0.25) is 0 Å². The number of anilines is 1. The Hall–Kier alpha value is -3.06. The van der Waals surface area contributed by atoms with Crippen molar-refractivity contribution in [2.75, 3.05) is 32.8 Å². The lowest BCUT2D eigenvalue weighted by Crippen LogP contribution is -2.13. The van der Waals surface area contributed by atoms with Gasteiger partial charge in [0.15, 0.2) is 17.2 Å². The van der Waals surface area contributed by atoms with Gasteiger partial charge in [-0.1, -0.05) is 11.6 Å². The highest BCUT2D eigenvalue weighted by Gasteiger charge is 2.15. The van der Waals surface area contributed by atoms with Gasteiger partial charge < -0.3 is 19.5 Å². The monoisotopic (exact) mass is 355 g/mol. The van der Waals surface area contributed by atoms with Crippen molar-refractivity contribution in [1.82, 2.24) is 10.2 Å². The van der Waals surface area contributed by atoms with Crippen LogP contribution < -0.4 is 14.8 Å². The first-order chi connectivity index (χ1) is 12.6. The molecule has 0 spiro atoms. The summed E-state index contributed by atoms with van der Waals surface area (Å²) in [5.41, 5.74) is 2.82. The molecule has 0 fully saturated rings. The minimum atomic E-state index is -0.296. The number of hydrogen-bond acceptors (Lipinski definition) is 5. The summed E-state index contributed by atoms with van der Waals surface area (Å²) in [5.74, 6) is 0.819. The van der Waals surface area contributed by atoms with Crippen LogP contribution in [0.25, 0.3) is 10.9 Å². The molecule has 3 aromatic rings. The Morgan fingerprint density at radius 1 is 1.12 bits per heavy atom. The van der Waals surface area contributed by atoms with Crippen molar-refractivity contribution in [3.05, 3.63) is 47.7 Å². The molecule has 0 unspecified atom stereocenters. The molecule has 2 aromatic carbocycles. The van der Waals surface area contributed by atoms with Gasteiger partial charge in [-0.15, -0.1) is 0 Å². The van der Waals surface area contributed by atoms with Gasteiger partial charge in [0.05, 0.1) is 19.2 Å². The van der Waals surface area contributed by atoms with E-state index in [1.165, 1.54) is 0 Å². The van der Waals surface area contributed by atoms with E-state index in [9.17, 15) is 4.79 Å². The van der Waals surface area contributed by atoms with Crippen LogP contribution in [0.1, 0.15) is 16.1 Å². The summed E-state index contributed by atoms with van der Waals surface area (Å²) in [6, 6.07) is 11.0. The largest absolute Gasteiger partial charge is 0.493 e. The van der Waals surface area contributed by atoms with Crippen LogP contribution >= 0.6 is 0 Å². The van der Waals surface area contributed by atoms with E-state index in [2.05, 4.69) is 15.5 Å². The summed E-state index contributed by atoms with van der Waals surface area (Å²) in [5, 5.41) is 10.7. The van der Waals surface area contributed by atoms with Crippen molar-refractivity contribution >= 4 is 22.5 Å². The lowest BCUT2D eigenvalue weighted by molar-refractivity contribution is 0.102. The van der Waals surface area contributed by atoms with Crippen molar-refractivity contribution in [2.45, 2.75) is 6.92 Å². The molecule has 0 aliphatic rings. The Balaban J connectivity index is 1.82. The second kappa shape index (κ2) is 7.88. The molecule has 7 heteroatoms. The molecule has 3 rings (SSSR count). The Morgan fingerprint density at radius 2 is 1.96 bits per heavy atom. The maximum absolute atomic E-state index is 12.6. The van der Waals surface area contributed by atoms with Crippen molar-refractivity contribution in [3.8, 4) is 11.5 Å². The number of ether oxygens (including phenoxy) is 3. The van der Waals surface area contributed by atoms with E-state index in [4.69, 9.17) is 14.2 Å². The predicted octanol–water partition coefficient (Wildman–Crippen LogP) is 3.16. The fraction of sp³-hybridized carbons (Fsp3) is 0.263. The highest BCUT2D eigenvalue weighted by Crippen LogP contribution is 2.30. The van der Waals surface area contributed by atoms with Gasteiger partial charge in [-0.05, 0) is 31.2 Å². The molecular weight excluding hydrogens is 334 g/mol. The zero-order valence-electron chi connectivity index (χ0n) is 15.0. The molecule has 136 valence electrons. The number of rotatable bonds is 7. The number of aromatic amines is 1. The maximum atomic E-state index is 12.6. The molecule has 0 bridgehead atoms. The van der Waals surface area contributed by atoms with Crippen LogP contribution in [-0.2, 0) is 4.74 Å². The van der Waals surface area contributed by atoms with Gasteiger partial charge in [0.2, 0.25) is 0 Å². The zero-order chi connectivity index (χ0) is 18.5. The SMILES string of the molecule is COCCOc1cc(NC(=O)c2n[nH]c3ccc(C)cc23)ccc1OC. The third-order valence-electron chi connectivity index (χ3n) is 3.90. The van der Waals surface area contributed by atoms with Crippen molar-refractivity contribution in [3.63, 3.8) is 0 Å².